The molecule has 0 atom stereocenters. The summed E-state index contributed by atoms with van der Waals surface area (Å²) in [6, 6.07) is 9.06. The van der Waals surface area contributed by atoms with Crippen LogP contribution in [-0.2, 0) is 19.6 Å². The number of hydrogen-bond acceptors (Lipinski definition) is 5. The second-order valence-electron chi connectivity index (χ2n) is 5.73. The SMILES string of the molecule is C=CCNC(=O)COC(=O)c1ccccc1NS(=O)(=O)c1ccc(F)cc1C. The molecule has 2 N–H and O–H groups in total. The van der Waals surface area contributed by atoms with E-state index in [1.807, 2.05) is 0 Å². The van der Waals surface area contributed by atoms with Crippen molar-refractivity contribution in [3.63, 3.8) is 0 Å². The molecule has 0 saturated heterocycles. The molecule has 28 heavy (non-hydrogen) atoms. The molecule has 0 unspecified atom stereocenters. The van der Waals surface area contributed by atoms with Gasteiger partial charge in [-0.2, -0.15) is 0 Å². The van der Waals surface area contributed by atoms with E-state index in [0.29, 0.717) is 0 Å². The van der Waals surface area contributed by atoms with Crippen molar-refractivity contribution in [1.29, 1.82) is 0 Å². The number of amides is 1. The lowest BCUT2D eigenvalue weighted by Crippen LogP contribution is -2.29. The largest absolute Gasteiger partial charge is 0.452 e. The first-order valence-corrected chi connectivity index (χ1v) is 9.65. The predicted molar refractivity (Wildman–Crippen MR) is 102 cm³/mol. The minimum Gasteiger partial charge on any atom is -0.452 e. The fourth-order valence-corrected chi connectivity index (χ4v) is 3.62. The first kappa shape index (κ1) is 21.1. The Balaban J connectivity index is 2.20. The van der Waals surface area contributed by atoms with Gasteiger partial charge in [-0.25, -0.2) is 17.6 Å². The van der Waals surface area contributed by atoms with E-state index in [4.69, 9.17) is 4.74 Å². The number of hydrogen-bond donors (Lipinski definition) is 2. The van der Waals surface area contributed by atoms with Crippen LogP contribution in [0.3, 0.4) is 0 Å². The zero-order valence-corrected chi connectivity index (χ0v) is 15.9. The third-order valence-electron chi connectivity index (χ3n) is 3.60. The molecule has 0 fully saturated rings. The number of carbonyl (C=O) groups is 2. The molecule has 0 spiro atoms. The molecule has 0 aliphatic rings. The average molecular weight is 406 g/mol. The highest BCUT2D eigenvalue weighted by Crippen LogP contribution is 2.23. The van der Waals surface area contributed by atoms with Crippen molar-refractivity contribution >= 4 is 27.6 Å². The smallest absolute Gasteiger partial charge is 0.340 e. The molecule has 0 aliphatic heterocycles. The van der Waals surface area contributed by atoms with Crippen molar-refractivity contribution in [3.05, 3.63) is 72.1 Å². The Morgan fingerprint density at radius 3 is 2.61 bits per heavy atom. The summed E-state index contributed by atoms with van der Waals surface area (Å²) >= 11 is 0. The van der Waals surface area contributed by atoms with E-state index in [2.05, 4.69) is 16.6 Å². The van der Waals surface area contributed by atoms with E-state index < -0.39 is 34.3 Å². The standard InChI is InChI=1S/C19H19FN2O5S/c1-3-10-21-18(23)12-27-19(24)15-6-4-5-7-16(15)22-28(25,26)17-9-8-14(20)11-13(17)2/h3-9,11,22H,1,10,12H2,2H3,(H,21,23). The fourth-order valence-electron chi connectivity index (χ4n) is 2.31. The van der Waals surface area contributed by atoms with Gasteiger partial charge in [0, 0.05) is 6.54 Å². The molecule has 0 saturated carbocycles. The first-order chi connectivity index (χ1) is 13.2. The summed E-state index contributed by atoms with van der Waals surface area (Å²) in [7, 11) is -4.07. The number of benzene rings is 2. The average Bonchev–Trinajstić information content (AvgIpc) is 2.64. The number of para-hydroxylation sites is 1. The molecule has 7 nitrogen and oxygen atoms in total. The van der Waals surface area contributed by atoms with Gasteiger partial charge in [0.1, 0.15) is 5.82 Å². The van der Waals surface area contributed by atoms with Gasteiger partial charge in [0.25, 0.3) is 15.9 Å². The van der Waals surface area contributed by atoms with Gasteiger partial charge in [0.2, 0.25) is 0 Å². The molecule has 1 amide bonds. The molecule has 0 radical (unpaired) electrons. The maximum atomic E-state index is 13.2. The van der Waals surface area contributed by atoms with E-state index >= 15 is 0 Å². The van der Waals surface area contributed by atoms with Crippen molar-refractivity contribution in [2.24, 2.45) is 0 Å². The van der Waals surface area contributed by atoms with E-state index in [1.165, 1.54) is 37.3 Å². The summed E-state index contributed by atoms with van der Waals surface area (Å²) < 4.78 is 45.7. The maximum Gasteiger partial charge on any atom is 0.340 e. The van der Waals surface area contributed by atoms with Crippen molar-refractivity contribution < 1.29 is 27.1 Å². The molecule has 2 aromatic carbocycles. The molecule has 148 valence electrons. The topological polar surface area (TPSA) is 102 Å². The third-order valence-corrected chi connectivity index (χ3v) is 5.12. The highest BCUT2D eigenvalue weighted by atomic mass is 32.2. The summed E-state index contributed by atoms with van der Waals surface area (Å²) in [5.74, 6) is -1.95. The lowest BCUT2D eigenvalue weighted by Gasteiger charge is -2.13. The van der Waals surface area contributed by atoms with Crippen LogP contribution in [0, 0.1) is 12.7 Å². The molecule has 0 aromatic heterocycles. The number of nitrogens with one attached hydrogen (secondary N) is 2. The summed E-state index contributed by atoms with van der Waals surface area (Å²) in [5.41, 5.74) is 0.122. The van der Waals surface area contributed by atoms with Crippen LogP contribution in [0.1, 0.15) is 15.9 Å². The van der Waals surface area contributed by atoms with Gasteiger partial charge >= 0.3 is 5.97 Å². The van der Waals surface area contributed by atoms with Gasteiger partial charge in [-0.15, -0.1) is 6.58 Å². The first-order valence-electron chi connectivity index (χ1n) is 8.17. The molecule has 9 heteroatoms. The van der Waals surface area contributed by atoms with Gasteiger partial charge in [0.05, 0.1) is 16.1 Å². The molecular weight excluding hydrogens is 387 g/mol. The Labute approximate surface area is 162 Å². The van der Waals surface area contributed by atoms with E-state index in [1.54, 1.807) is 0 Å². The molecule has 2 aromatic rings. The molecule has 0 aliphatic carbocycles. The van der Waals surface area contributed by atoms with Crippen molar-refractivity contribution in [2.45, 2.75) is 11.8 Å². The van der Waals surface area contributed by atoms with Gasteiger partial charge in [-0.3, -0.25) is 9.52 Å². The monoisotopic (exact) mass is 406 g/mol. The van der Waals surface area contributed by atoms with Crippen LogP contribution in [0.25, 0.3) is 0 Å². The van der Waals surface area contributed by atoms with Crippen LogP contribution >= 0.6 is 0 Å². The van der Waals surface area contributed by atoms with E-state index in [9.17, 15) is 22.4 Å². The zero-order chi connectivity index (χ0) is 20.7. The summed E-state index contributed by atoms with van der Waals surface area (Å²) in [5, 5.41) is 2.45. The Morgan fingerprint density at radius 2 is 1.93 bits per heavy atom. The maximum absolute atomic E-state index is 13.2. The highest BCUT2D eigenvalue weighted by Gasteiger charge is 2.21. The van der Waals surface area contributed by atoms with Gasteiger partial charge in [0.15, 0.2) is 6.61 Å². The lowest BCUT2D eigenvalue weighted by atomic mass is 10.2. The van der Waals surface area contributed by atoms with Crippen LogP contribution in [0.4, 0.5) is 10.1 Å². The van der Waals surface area contributed by atoms with Crippen LogP contribution in [0.2, 0.25) is 0 Å². The van der Waals surface area contributed by atoms with Crippen LogP contribution in [0.5, 0.6) is 0 Å². The van der Waals surface area contributed by atoms with Crippen molar-refractivity contribution in [2.75, 3.05) is 17.9 Å². The summed E-state index contributed by atoms with van der Waals surface area (Å²) in [6.07, 6.45) is 1.47. The second kappa shape index (κ2) is 9.14. The molecular formula is C19H19FN2O5S. The number of rotatable bonds is 8. The van der Waals surface area contributed by atoms with Gasteiger partial charge in [-0.1, -0.05) is 18.2 Å². The number of aryl methyl sites for hydroxylation is 1. The predicted octanol–water partition coefficient (Wildman–Crippen LogP) is 2.39. The number of ether oxygens (including phenoxy) is 1. The van der Waals surface area contributed by atoms with Gasteiger partial charge in [-0.05, 0) is 42.8 Å². The Hall–Kier alpha value is -3.20. The lowest BCUT2D eigenvalue weighted by molar-refractivity contribution is -0.124. The normalized spacial score (nSPS) is 10.8. The highest BCUT2D eigenvalue weighted by molar-refractivity contribution is 7.92. The number of sulfonamides is 1. The Bertz CT molecular complexity index is 1010. The van der Waals surface area contributed by atoms with Crippen LogP contribution in [0.15, 0.2) is 60.0 Å². The zero-order valence-electron chi connectivity index (χ0n) is 15.1. The second-order valence-corrected chi connectivity index (χ2v) is 7.38. The quantitative estimate of drug-likeness (QED) is 0.518. The third kappa shape index (κ3) is 5.40. The van der Waals surface area contributed by atoms with E-state index in [-0.39, 0.29) is 28.3 Å². The van der Waals surface area contributed by atoms with E-state index in [0.717, 1.165) is 18.2 Å². The molecule has 0 heterocycles. The van der Waals surface area contributed by atoms with Crippen LogP contribution < -0.4 is 10.0 Å². The van der Waals surface area contributed by atoms with Crippen molar-refractivity contribution in [3.8, 4) is 0 Å². The fraction of sp³-hybridized carbons (Fsp3) is 0.158. The van der Waals surface area contributed by atoms with Crippen LogP contribution in [-0.4, -0.2) is 33.4 Å². The Morgan fingerprint density at radius 1 is 1.21 bits per heavy atom. The number of carbonyl (C=O) groups excluding carboxylic acids is 2. The van der Waals surface area contributed by atoms with Gasteiger partial charge < -0.3 is 10.1 Å². The number of esters is 1. The minimum atomic E-state index is -4.07. The summed E-state index contributed by atoms with van der Waals surface area (Å²) in [6.45, 7) is 4.61. The molecule has 0 bridgehead atoms. The summed E-state index contributed by atoms with van der Waals surface area (Å²) in [4.78, 5) is 23.7. The Kier molecular flexibility index (Phi) is 6.89. The number of halogens is 1. The molecule has 2 rings (SSSR count). The van der Waals surface area contributed by atoms with Crippen molar-refractivity contribution in [1.82, 2.24) is 5.32 Å². The minimum absolute atomic E-state index is 0.0253. The number of anilines is 1.